The van der Waals surface area contributed by atoms with Crippen LogP contribution in [0.15, 0.2) is 39.3 Å². The van der Waals surface area contributed by atoms with Crippen molar-refractivity contribution in [2.75, 3.05) is 7.11 Å². The summed E-state index contributed by atoms with van der Waals surface area (Å²) in [6, 6.07) is 9.08. The number of benzene rings is 2. The summed E-state index contributed by atoms with van der Waals surface area (Å²) >= 11 is 12.9. The minimum Gasteiger partial charge on any atom is -0.496 e. The van der Waals surface area contributed by atoms with Crippen LogP contribution in [0.1, 0.15) is 22.8 Å². The van der Waals surface area contributed by atoms with Gasteiger partial charge in [-0.15, -0.1) is 0 Å². The van der Waals surface area contributed by atoms with Gasteiger partial charge < -0.3 is 9.84 Å². The van der Waals surface area contributed by atoms with Gasteiger partial charge in [0.1, 0.15) is 11.9 Å². The molecule has 0 bridgehead atoms. The summed E-state index contributed by atoms with van der Waals surface area (Å²) in [5.41, 5.74) is 2.43. The van der Waals surface area contributed by atoms with E-state index in [9.17, 15) is 5.11 Å². The Balaban J connectivity index is 2.55. The van der Waals surface area contributed by atoms with Crippen LogP contribution >= 0.6 is 43.5 Å². The van der Waals surface area contributed by atoms with E-state index in [-0.39, 0.29) is 0 Å². The third-order valence-electron chi connectivity index (χ3n) is 3.06. The van der Waals surface area contributed by atoms with Crippen LogP contribution in [0, 0.1) is 6.92 Å². The lowest BCUT2D eigenvalue weighted by Crippen LogP contribution is -2.04. The highest BCUT2D eigenvalue weighted by atomic mass is 79.9. The molecule has 5 heteroatoms. The van der Waals surface area contributed by atoms with Crippen molar-refractivity contribution in [3.63, 3.8) is 0 Å². The molecule has 0 aliphatic rings. The average Bonchev–Trinajstić information content (AvgIpc) is 2.43. The van der Waals surface area contributed by atoms with Crippen molar-refractivity contribution in [1.82, 2.24) is 0 Å². The molecule has 0 aromatic heterocycles. The first kappa shape index (κ1) is 15.8. The van der Waals surface area contributed by atoms with E-state index >= 15 is 0 Å². The Morgan fingerprint density at radius 3 is 2.45 bits per heavy atom. The van der Waals surface area contributed by atoms with Crippen molar-refractivity contribution in [2.45, 2.75) is 13.0 Å². The maximum atomic E-state index is 10.6. The monoisotopic (exact) mass is 418 g/mol. The van der Waals surface area contributed by atoms with Crippen LogP contribution in [-0.2, 0) is 0 Å². The molecule has 0 fully saturated rings. The quantitative estimate of drug-likeness (QED) is 0.734. The minimum absolute atomic E-state index is 0.576. The predicted molar refractivity (Wildman–Crippen MR) is 88.6 cm³/mol. The zero-order valence-corrected chi connectivity index (χ0v) is 14.9. The third kappa shape index (κ3) is 3.19. The SMILES string of the molecule is COc1cc(C)c(Br)cc1C(O)c1cc(Cl)ccc1Br. The van der Waals surface area contributed by atoms with Gasteiger partial charge in [0, 0.05) is 25.1 Å². The molecule has 2 rings (SSSR count). The fraction of sp³-hybridized carbons (Fsp3) is 0.200. The molecule has 0 amide bonds. The van der Waals surface area contributed by atoms with Crippen molar-refractivity contribution >= 4 is 43.5 Å². The highest BCUT2D eigenvalue weighted by molar-refractivity contribution is 9.10. The summed E-state index contributed by atoms with van der Waals surface area (Å²) in [5, 5.41) is 11.2. The summed E-state index contributed by atoms with van der Waals surface area (Å²) in [5.74, 6) is 0.644. The van der Waals surface area contributed by atoms with Crippen molar-refractivity contribution in [2.24, 2.45) is 0 Å². The summed E-state index contributed by atoms with van der Waals surface area (Å²) in [4.78, 5) is 0. The van der Waals surface area contributed by atoms with Gasteiger partial charge in [-0.25, -0.2) is 0 Å². The molecule has 1 atom stereocenters. The highest BCUT2D eigenvalue weighted by Crippen LogP contribution is 2.37. The second kappa shape index (κ2) is 6.48. The fourth-order valence-corrected chi connectivity index (χ4v) is 2.96. The van der Waals surface area contributed by atoms with E-state index in [2.05, 4.69) is 31.9 Å². The molecule has 2 aromatic rings. The van der Waals surface area contributed by atoms with E-state index in [4.69, 9.17) is 16.3 Å². The van der Waals surface area contributed by atoms with E-state index in [0.29, 0.717) is 21.9 Å². The molecule has 0 saturated carbocycles. The maximum Gasteiger partial charge on any atom is 0.125 e. The second-order valence-electron chi connectivity index (χ2n) is 4.41. The lowest BCUT2D eigenvalue weighted by Gasteiger charge is -2.18. The van der Waals surface area contributed by atoms with Crippen LogP contribution in [0.3, 0.4) is 0 Å². The first-order valence-corrected chi connectivity index (χ1v) is 7.87. The van der Waals surface area contributed by atoms with E-state index in [1.165, 1.54) is 0 Å². The Kier molecular flexibility index (Phi) is 5.13. The molecule has 0 spiro atoms. The number of halogens is 3. The van der Waals surface area contributed by atoms with Crippen LogP contribution < -0.4 is 4.74 Å². The summed E-state index contributed by atoms with van der Waals surface area (Å²) in [6.45, 7) is 1.97. The molecule has 0 aliphatic heterocycles. The van der Waals surface area contributed by atoms with Gasteiger partial charge in [-0.3, -0.25) is 0 Å². The van der Waals surface area contributed by atoms with Crippen LogP contribution in [0.5, 0.6) is 5.75 Å². The van der Waals surface area contributed by atoms with Crippen LogP contribution in [0.25, 0.3) is 0 Å². The molecule has 0 saturated heterocycles. The number of methoxy groups -OCH3 is 1. The van der Waals surface area contributed by atoms with Gasteiger partial charge in [-0.05, 0) is 42.8 Å². The fourth-order valence-electron chi connectivity index (χ4n) is 1.95. The Morgan fingerprint density at radius 2 is 1.80 bits per heavy atom. The standard InChI is InChI=1S/C15H13Br2ClO2/c1-8-5-14(20-2)11(7-13(8)17)15(19)10-6-9(18)3-4-12(10)16/h3-7,15,19H,1-2H3. The molecule has 1 unspecified atom stereocenters. The molecule has 0 radical (unpaired) electrons. The molecule has 1 N–H and O–H groups in total. The van der Waals surface area contributed by atoms with E-state index in [0.717, 1.165) is 14.5 Å². The summed E-state index contributed by atoms with van der Waals surface area (Å²) in [7, 11) is 1.59. The summed E-state index contributed by atoms with van der Waals surface area (Å²) < 4.78 is 7.09. The molecular formula is C15H13Br2ClO2. The van der Waals surface area contributed by atoms with Crippen molar-refractivity contribution in [1.29, 1.82) is 0 Å². The van der Waals surface area contributed by atoms with Gasteiger partial charge in [0.15, 0.2) is 0 Å². The number of aliphatic hydroxyl groups is 1. The lowest BCUT2D eigenvalue weighted by atomic mass is 9.99. The second-order valence-corrected chi connectivity index (χ2v) is 6.56. The Morgan fingerprint density at radius 1 is 1.10 bits per heavy atom. The number of aryl methyl sites for hydroxylation is 1. The van der Waals surface area contributed by atoms with E-state index in [1.54, 1.807) is 19.2 Å². The van der Waals surface area contributed by atoms with Gasteiger partial charge in [0.05, 0.1) is 7.11 Å². The van der Waals surface area contributed by atoms with E-state index in [1.807, 2.05) is 25.1 Å². The molecule has 106 valence electrons. The van der Waals surface area contributed by atoms with Gasteiger partial charge >= 0.3 is 0 Å². The number of hydrogen-bond acceptors (Lipinski definition) is 2. The third-order valence-corrected chi connectivity index (χ3v) is 4.87. The minimum atomic E-state index is -0.824. The predicted octanol–water partition coefficient (Wildman–Crippen LogP) is 5.26. The number of ether oxygens (including phenoxy) is 1. The molecule has 2 aromatic carbocycles. The molecule has 20 heavy (non-hydrogen) atoms. The van der Waals surface area contributed by atoms with Crippen LogP contribution in [-0.4, -0.2) is 12.2 Å². The Hall–Kier alpha value is -0.550. The lowest BCUT2D eigenvalue weighted by molar-refractivity contribution is 0.214. The average molecular weight is 421 g/mol. The Bertz CT molecular complexity index is 644. The van der Waals surface area contributed by atoms with Gasteiger partial charge in [-0.2, -0.15) is 0 Å². The number of rotatable bonds is 3. The zero-order valence-electron chi connectivity index (χ0n) is 11.0. The summed E-state index contributed by atoms with van der Waals surface area (Å²) in [6.07, 6.45) is -0.824. The van der Waals surface area contributed by atoms with Gasteiger partial charge in [0.2, 0.25) is 0 Å². The molecular weight excluding hydrogens is 407 g/mol. The van der Waals surface area contributed by atoms with Crippen molar-refractivity contribution < 1.29 is 9.84 Å². The normalized spacial score (nSPS) is 12.3. The van der Waals surface area contributed by atoms with Gasteiger partial charge in [-0.1, -0.05) is 43.5 Å². The van der Waals surface area contributed by atoms with Gasteiger partial charge in [0.25, 0.3) is 0 Å². The number of hydrogen-bond donors (Lipinski definition) is 1. The Labute approximate surface area is 140 Å². The largest absolute Gasteiger partial charge is 0.496 e. The molecule has 0 heterocycles. The highest BCUT2D eigenvalue weighted by Gasteiger charge is 2.19. The number of aliphatic hydroxyl groups excluding tert-OH is 1. The molecule has 2 nitrogen and oxygen atoms in total. The maximum absolute atomic E-state index is 10.6. The van der Waals surface area contributed by atoms with Crippen LogP contribution in [0.4, 0.5) is 0 Å². The first-order valence-electron chi connectivity index (χ1n) is 5.91. The smallest absolute Gasteiger partial charge is 0.125 e. The van der Waals surface area contributed by atoms with Crippen molar-refractivity contribution in [3.05, 3.63) is 61.0 Å². The zero-order chi connectivity index (χ0) is 14.9. The first-order chi connectivity index (χ1) is 9.43. The van der Waals surface area contributed by atoms with E-state index < -0.39 is 6.10 Å². The topological polar surface area (TPSA) is 29.5 Å². The molecule has 0 aliphatic carbocycles. The van der Waals surface area contributed by atoms with Crippen molar-refractivity contribution in [3.8, 4) is 5.75 Å². The van der Waals surface area contributed by atoms with Crippen LogP contribution in [0.2, 0.25) is 5.02 Å².